The fraction of sp³-hybridized carbons (Fsp3) is 0.0667. The van der Waals surface area contributed by atoms with E-state index < -0.39 is 15.8 Å². The molecule has 0 atom stereocenters. The molecule has 12 heteroatoms. The summed E-state index contributed by atoms with van der Waals surface area (Å²) in [4.78, 5) is 32.6. The molecule has 0 fully saturated rings. The molecule has 11 nitrogen and oxygen atoms in total. The van der Waals surface area contributed by atoms with Crippen LogP contribution in [-0.4, -0.2) is 28.0 Å². The van der Waals surface area contributed by atoms with E-state index in [1.807, 2.05) is 0 Å². The van der Waals surface area contributed by atoms with E-state index in [1.165, 1.54) is 43.5 Å². The number of anilines is 1. The van der Waals surface area contributed by atoms with Gasteiger partial charge < -0.3 is 4.74 Å². The number of rotatable bonds is 6. The Hall–Kier alpha value is -3.80. The van der Waals surface area contributed by atoms with E-state index in [4.69, 9.17) is 17.0 Å². The van der Waals surface area contributed by atoms with Gasteiger partial charge in [0.25, 0.3) is 11.6 Å². The lowest BCUT2D eigenvalue weighted by Crippen LogP contribution is -2.41. The molecule has 3 N–H and O–H groups in total. The molecule has 2 rings (SSSR count). The van der Waals surface area contributed by atoms with Gasteiger partial charge in [0.1, 0.15) is 0 Å². The van der Waals surface area contributed by atoms with Crippen molar-refractivity contribution in [3.05, 3.63) is 68.3 Å². The summed E-state index contributed by atoms with van der Waals surface area (Å²) >= 11 is 4.96. The lowest BCUT2D eigenvalue weighted by Gasteiger charge is -2.12. The molecule has 0 unspecified atom stereocenters. The van der Waals surface area contributed by atoms with Crippen molar-refractivity contribution in [3.63, 3.8) is 0 Å². The maximum atomic E-state index is 12.2. The Morgan fingerprint density at radius 1 is 1.07 bits per heavy atom. The summed E-state index contributed by atoms with van der Waals surface area (Å²) in [6.07, 6.45) is 0. The summed E-state index contributed by atoms with van der Waals surface area (Å²) < 4.78 is 4.87. The van der Waals surface area contributed by atoms with Gasteiger partial charge in [0.15, 0.2) is 10.9 Å². The van der Waals surface area contributed by atoms with Crippen LogP contribution in [0.4, 0.5) is 17.1 Å². The van der Waals surface area contributed by atoms with E-state index in [1.54, 1.807) is 0 Å². The van der Waals surface area contributed by atoms with Gasteiger partial charge in [0.05, 0.1) is 22.6 Å². The third-order valence-electron chi connectivity index (χ3n) is 3.26. The third kappa shape index (κ3) is 5.09. The fourth-order valence-corrected chi connectivity index (χ4v) is 2.12. The number of methoxy groups -OCH3 is 1. The minimum atomic E-state index is -0.664. The van der Waals surface area contributed by atoms with Crippen LogP contribution in [0.15, 0.2) is 42.5 Å². The molecular weight excluding hydrogens is 378 g/mol. The third-order valence-corrected chi connectivity index (χ3v) is 3.47. The zero-order valence-electron chi connectivity index (χ0n) is 13.8. The van der Waals surface area contributed by atoms with Gasteiger partial charge >= 0.3 is 5.69 Å². The first-order valence-corrected chi connectivity index (χ1v) is 7.67. The molecule has 0 aliphatic rings. The molecule has 0 saturated heterocycles. The van der Waals surface area contributed by atoms with Crippen LogP contribution in [0.5, 0.6) is 5.75 Å². The fourth-order valence-electron chi connectivity index (χ4n) is 1.98. The lowest BCUT2D eigenvalue weighted by atomic mass is 10.2. The van der Waals surface area contributed by atoms with Crippen molar-refractivity contribution in [2.24, 2.45) is 0 Å². The van der Waals surface area contributed by atoms with Crippen molar-refractivity contribution in [1.82, 2.24) is 10.7 Å². The molecule has 0 bridgehead atoms. The van der Waals surface area contributed by atoms with E-state index >= 15 is 0 Å². The minimum absolute atomic E-state index is 0.0157. The second-order valence-electron chi connectivity index (χ2n) is 4.98. The van der Waals surface area contributed by atoms with Crippen LogP contribution in [0.1, 0.15) is 10.4 Å². The number of hydrazine groups is 1. The lowest BCUT2D eigenvalue weighted by molar-refractivity contribution is -0.385. The first-order valence-electron chi connectivity index (χ1n) is 7.26. The van der Waals surface area contributed by atoms with Crippen molar-refractivity contribution in [1.29, 1.82) is 0 Å². The molecule has 0 radical (unpaired) electrons. The SMILES string of the molecule is COc1ccc(C(=O)NC(=S)NNc2ccc([N+](=O)[O-])cc2)cc1[N+](=O)[O-]. The topological polar surface area (TPSA) is 149 Å². The van der Waals surface area contributed by atoms with Gasteiger partial charge in [-0.2, -0.15) is 0 Å². The summed E-state index contributed by atoms with van der Waals surface area (Å²) in [6.45, 7) is 0. The number of hydrogen-bond acceptors (Lipinski definition) is 8. The standard InChI is InChI=1S/C15H13N5O6S/c1-26-13-7-2-9(8-12(13)20(24)25)14(21)16-15(27)18-17-10-3-5-11(6-4-10)19(22)23/h2-8,17H,1H3,(H2,16,18,21,27). The number of thiocarbonyl (C=S) groups is 1. The van der Waals surface area contributed by atoms with Crippen LogP contribution in [0.3, 0.4) is 0 Å². The Labute approximate surface area is 157 Å². The van der Waals surface area contributed by atoms with Crippen molar-refractivity contribution >= 4 is 40.3 Å². The number of carbonyl (C=O) groups excluding carboxylic acids is 1. The van der Waals surface area contributed by atoms with Crippen molar-refractivity contribution < 1.29 is 19.4 Å². The molecule has 0 aromatic heterocycles. The largest absolute Gasteiger partial charge is 0.490 e. The summed E-state index contributed by atoms with van der Waals surface area (Å²) in [7, 11) is 1.28. The Morgan fingerprint density at radius 3 is 2.30 bits per heavy atom. The number of hydrogen-bond donors (Lipinski definition) is 3. The Bertz CT molecular complexity index is 902. The van der Waals surface area contributed by atoms with Crippen molar-refractivity contribution in [2.75, 3.05) is 12.5 Å². The first-order chi connectivity index (χ1) is 12.8. The number of amides is 1. The van der Waals surface area contributed by atoms with E-state index in [-0.39, 0.29) is 27.8 Å². The van der Waals surface area contributed by atoms with Crippen molar-refractivity contribution in [2.45, 2.75) is 0 Å². The molecule has 0 spiro atoms. The molecule has 0 saturated carbocycles. The quantitative estimate of drug-likeness (QED) is 0.382. The number of nitrogens with zero attached hydrogens (tertiary/aromatic N) is 2. The van der Waals surface area contributed by atoms with Crippen LogP contribution in [0.25, 0.3) is 0 Å². The molecule has 0 heterocycles. The molecule has 2 aromatic rings. The molecular formula is C15H13N5O6S. The Morgan fingerprint density at radius 2 is 1.74 bits per heavy atom. The summed E-state index contributed by atoms with van der Waals surface area (Å²) in [6, 6.07) is 9.21. The predicted octanol–water partition coefficient (Wildman–Crippen LogP) is 2.14. The molecule has 0 aliphatic heterocycles. The number of nitro groups is 2. The van der Waals surface area contributed by atoms with Gasteiger partial charge in [-0.3, -0.25) is 41.2 Å². The van der Waals surface area contributed by atoms with Gasteiger partial charge in [0.2, 0.25) is 0 Å². The van der Waals surface area contributed by atoms with Crippen LogP contribution in [0.2, 0.25) is 0 Å². The monoisotopic (exact) mass is 391 g/mol. The van der Waals surface area contributed by atoms with E-state index in [2.05, 4.69) is 16.2 Å². The number of carbonyl (C=O) groups is 1. The molecule has 0 aliphatic carbocycles. The molecule has 27 heavy (non-hydrogen) atoms. The maximum absolute atomic E-state index is 12.2. The van der Waals surface area contributed by atoms with Crippen LogP contribution >= 0.6 is 12.2 Å². The van der Waals surface area contributed by atoms with E-state index in [0.717, 1.165) is 6.07 Å². The highest BCUT2D eigenvalue weighted by atomic mass is 32.1. The van der Waals surface area contributed by atoms with Crippen LogP contribution in [-0.2, 0) is 0 Å². The van der Waals surface area contributed by atoms with Gasteiger partial charge in [-0.25, -0.2) is 0 Å². The van der Waals surface area contributed by atoms with Gasteiger partial charge in [-0.1, -0.05) is 0 Å². The second-order valence-corrected chi connectivity index (χ2v) is 5.39. The number of nitro benzene ring substituents is 2. The van der Waals surface area contributed by atoms with Gasteiger partial charge in [-0.05, 0) is 36.5 Å². The highest BCUT2D eigenvalue weighted by Gasteiger charge is 2.18. The zero-order valence-corrected chi connectivity index (χ0v) is 14.6. The van der Waals surface area contributed by atoms with Crippen LogP contribution < -0.4 is 20.9 Å². The second kappa shape index (κ2) is 8.53. The number of non-ortho nitro benzene ring substituents is 1. The molecule has 2 aromatic carbocycles. The van der Waals surface area contributed by atoms with Gasteiger partial charge in [0, 0.05) is 23.8 Å². The van der Waals surface area contributed by atoms with Crippen molar-refractivity contribution in [3.8, 4) is 5.75 Å². The molecule has 140 valence electrons. The highest BCUT2D eigenvalue weighted by Crippen LogP contribution is 2.27. The normalized spacial score (nSPS) is 9.81. The Balaban J connectivity index is 1.97. The maximum Gasteiger partial charge on any atom is 0.311 e. The molecule has 1 amide bonds. The minimum Gasteiger partial charge on any atom is -0.490 e. The summed E-state index contributed by atoms with van der Waals surface area (Å²) in [5.74, 6) is -0.638. The average Bonchev–Trinajstić information content (AvgIpc) is 2.66. The predicted molar refractivity (Wildman–Crippen MR) is 99.6 cm³/mol. The highest BCUT2D eigenvalue weighted by molar-refractivity contribution is 7.80. The summed E-state index contributed by atoms with van der Waals surface area (Å²) in [5, 5.41) is 23.8. The Kier molecular flexibility index (Phi) is 6.17. The number of nitrogens with one attached hydrogen (secondary N) is 3. The van der Waals surface area contributed by atoms with E-state index in [0.29, 0.717) is 5.69 Å². The zero-order chi connectivity index (χ0) is 20.0. The van der Waals surface area contributed by atoms with Gasteiger partial charge in [-0.15, -0.1) is 0 Å². The van der Waals surface area contributed by atoms with Crippen LogP contribution in [0, 0.1) is 20.2 Å². The summed E-state index contributed by atoms with van der Waals surface area (Å²) in [5.41, 5.74) is 5.25. The average molecular weight is 391 g/mol. The first kappa shape index (κ1) is 19.5. The number of benzene rings is 2. The number of ether oxygens (including phenoxy) is 1. The smallest absolute Gasteiger partial charge is 0.311 e. The van der Waals surface area contributed by atoms with E-state index in [9.17, 15) is 25.0 Å².